The predicted molar refractivity (Wildman–Crippen MR) is 158 cm³/mol. The molecule has 3 aromatic rings. The number of hydrogen-bond donors (Lipinski definition) is 8. The molecule has 2 aliphatic rings. The van der Waals surface area contributed by atoms with Gasteiger partial charge >= 0.3 is 11.7 Å². The van der Waals surface area contributed by atoms with Gasteiger partial charge in [0.1, 0.15) is 54.3 Å². The second-order valence-electron chi connectivity index (χ2n) is 10.8. The van der Waals surface area contributed by atoms with Gasteiger partial charge in [-0.25, -0.2) is 19.7 Å². The highest BCUT2D eigenvalue weighted by Gasteiger charge is 2.45. The smallest absolute Gasteiger partial charge is 0.351 e. The number of carbonyl (C=O) groups is 1. The number of nitrogens with two attached hydrogens (primary N) is 3. The lowest BCUT2D eigenvalue weighted by molar-refractivity contribution is -0.138. The molecule has 11 N–H and O–H groups in total. The van der Waals surface area contributed by atoms with Gasteiger partial charge in [-0.05, 0) is 6.42 Å². The summed E-state index contributed by atoms with van der Waals surface area (Å²) in [5.74, 6) is -0.628. The normalized spacial score (nSPS) is 27.5. The van der Waals surface area contributed by atoms with Crippen LogP contribution in [0, 0.1) is 0 Å². The van der Waals surface area contributed by atoms with Crippen LogP contribution < -0.4 is 22.9 Å². The van der Waals surface area contributed by atoms with E-state index in [0.29, 0.717) is 28.4 Å². The molecule has 19 nitrogen and oxygen atoms in total. The van der Waals surface area contributed by atoms with Crippen molar-refractivity contribution in [2.75, 3.05) is 43.5 Å². The lowest BCUT2D eigenvalue weighted by atomic mass is 10.1. The van der Waals surface area contributed by atoms with Crippen molar-refractivity contribution in [3.8, 4) is 0 Å². The second-order valence-corrected chi connectivity index (χ2v) is 11.9. The number of aromatic nitrogens is 6. The van der Waals surface area contributed by atoms with Crippen molar-refractivity contribution >= 4 is 40.5 Å². The molecule has 2 aliphatic heterocycles. The molecule has 3 aromatic heterocycles. The highest BCUT2D eigenvalue weighted by atomic mass is 32.2. The van der Waals surface area contributed by atoms with Crippen LogP contribution in [-0.2, 0) is 14.3 Å². The third kappa shape index (κ3) is 7.03. The third-order valence-electron chi connectivity index (χ3n) is 7.82. The minimum Gasteiger partial charge on any atom is -0.480 e. The minimum absolute atomic E-state index is 0.00419. The molecule has 0 saturated carbocycles. The summed E-state index contributed by atoms with van der Waals surface area (Å²) in [7, 11) is 0. The van der Waals surface area contributed by atoms with Crippen molar-refractivity contribution in [2.45, 2.75) is 66.8 Å². The number of aliphatic hydroxyl groups excluding tert-OH is 4. The maximum Gasteiger partial charge on any atom is 0.351 e. The SMILES string of the molecule is Nc1nc(=O)n([C@@H]2C[C@H](O)[C@@H](CO)O2)cc1SCCN(CCC(N)C(=O)O)C[C@H]1O[C@@H](n2cnc3c(N)ncnc32)[C@H](O)[C@@H]1O. The van der Waals surface area contributed by atoms with Crippen molar-refractivity contribution in [2.24, 2.45) is 5.73 Å². The Balaban J connectivity index is 1.27. The average Bonchev–Trinajstić information content (AvgIpc) is 3.68. The van der Waals surface area contributed by atoms with E-state index in [1.807, 2.05) is 4.90 Å². The van der Waals surface area contributed by atoms with Crippen molar-refractivity contribution < 1.29 is 39.8 Å². The van der Waals surface area contributed by atoms with E-state index in [2.05, 4.69) is 19.9 Å². The molecule has 8 atom stereocenters. The van der Waals surface area contributed by atoms with Gasteiger partial charge in [-0.1, -0.05) is 0 Å². The monoisotopic (exact) mass is 652 g/mol. The Morgan fingerprint density at radius 2 is 1.87 bits per heavy atom. The van der Waals surface area contributed by atoms with Crippen LogP contribution in [0.4, 0.5) is 11.6 Å². The number of hydrogen-bond acceptors (Lipinski definition) is 17. The highest BCUT2D eigenvalue weighted by molar-refractivity contribution is 7.99. The predicted octanol–water partition coefficient (Wildman–Crippen LogP) is -3.30. The van der Waals surface area contributed by atoms with Crippen LogP contribution in [0.3, 0.4) is 0 Å². The van der Waals surface area contributed by atoms with Crippen LogP contribution in [-0.4, -0.2) is 134 Å². The van der Waals surface area contributed by atoms with E-state index in [-0.39, 0.29) is 37.6 Å². The van der Waals surface area contributed by atoms with Gasteiger partial charge in [0, 0.05) is 38.0 Å². The lowest BCUT2D eigenvalue weighted by Crippen LogP contribution is -2.43. The quantitative estimate of drug-likeness (QED) is 0.0839. The summed E-state index contributed by atoms with van der Waals surface area (Å²) in [4.78, 5) is 42.3. The molecule has 0 radical (unpaired) electrons. The molecule has 1 unspecified atom stereocenters. The first-order valence-electron chi connectivity index (χ1n) is 14.1. The van der Waals surface area contributed by atoms with E-state index < -0.39 is 67.3 Å². The number of fused-ring (bicyclic) bond motifs is 1. The minimum atomic E-state index is -1.34. The summed E-state index contributed by atoms with van der Waals surface area (Å²) in [5.41, 5.74) is 17.6. The zero-order valence-electron chi connectivity index (χ0n) is 23.9. The van der Waals surface area contributed by atoms with Gasteiger partial charge in [-0.3, -0.25) is 18.8 Å². The Hall–Kier alpha value is -3.47. The van der Waals surface area contributed by atoms with E-state index in [4.69, 9.17) is 26.7 Å². The fourth-order valence-corrected chi connectivity index (χ4v) is 6.23. The van der Waals surface area contributed by atoms with Crippen LogP contribution in [0.1, 0.15) is 25.3 Å². The molecule has 246 valence electrons. The summed E-state index contributed by atoms with van der Waals surface area (Å²) in [5, 5.41) is 50.5. The number of aliphatic carboxylic acids is 1. The topological polar surface area (TPSA) is 296 Å². The Kier molecular flexibility index (Phi) is 10.2. The van der Waals surface area contributed by atoms with E-state index in [0.717, 1.165) is 0 Å². The molecular weight excluding hydrogens is 616 g/mol. The zero-order valence-corrected chi connectivity index (χ0v) is 24.8. The first-order chi connectivity index (χ1) is 21.5. The molecule has 2 saturated heterocycles. The number of ether oxygens (including phenoxy) is 2. The largest absolute Gasteiger partial charge is 0.480 e. The van der Waals surface area contributed by atoms with Crippen LogP contribution >= 0.6 is 11.8 Å². The number of carboxylic acids is 1. The van der Waals surface area contributed by atoms with Crippen molar-refractivity contribution in [3.05, 3.63) is 29.3 Å². The number of rotatable bonds is 13. The number of nitrogens with zero attached hydrogens (tertiary/aromatic N) is 7. The number of carboxylic acid groups (broad SMARTS) is 1. The fraction of sp³-hybridized carbons (Fsp3) is 0.600. The second kappa shape index (κ2) is 13.9. The van der Waals surface area contributed by atoms with Gasteiger partial charge in [-0.15, -0.1) is 11.8 Å². The third-order valence-corrected chi connectivity index (χ3v) is 8.83. The molecule has 0 amide bonds. The van der Waals surface area contributed by atoms with Crippen molar-refractivity contribution in [1.29, 1.82) is 0 Å². The number of anilines is 2. The van der Waals surface area contributed by atoms with Crippen LogP contribution in [0.25, 0.3) is 11.2 Å². The van der Waals surface area contributed by atoms with Crippen LogP contribution in [0.5, 0.6) is 0 Å². The molecule has 5 heterocycles. The molecule has 0 aliphatic carbocycles. The Bertz CT molecular complexity index is 1560. The van der Waals surface area contributed by atoms with Gasteiger partial charge in [-0.2, -0.15) is 4.98 Å². The molecule has 0 aromatic carbocycles. The molecule has 0 bridgehead atoms. The maximum absolute atomic E-state index is 12.5. The number of imidazole rings is 1. The fourth-order valence-electron chi connectivity index (χ4n) is 5.28. The van der Waals surface area contributed by atoms with Crippen molar-refractivity contribution in [1.82, 2.24) is 34.0 Å². The van der Waals surface area contributed by atoms with Gasteiger partial charge in [0.25, 0.3) is 0 Å². The zero-order chi connectivity index (χ0) is 32.4. The standard InChI is InChI=1S/C25H36N10O9S/c26-11(24(40)41)1-2-33(3-4-45-15-7-34(25(42)32-20(15)27)16-5-12(37)14(8-36)43-16)6-13-18(38)19(39)23(44-13)35-10-31-17-21(28)29-9-30-22(17)35/h7,9-14,16,18-19,23,36-39H,1-6,8,26H2,(H,40,41)(H2,27,32,42)(H2,28,29,30)/t11?,12-,13+,14+,16-,18+,19+,23+/m0/s1. The summed E-state index contributed by atoms with van der Waals surface area (Å²) >= 11 is 1.27. The van der Waals surface area contributed by atoms with Gasteiger partial charge in [0.05, 0.1) is 23.9 Å². The summed E-state index contributed by atoms with van der Waals surface area (Å²) < 4.78 is 14.3. The summed E-state index contributed by atoms with van der Waals surface area (Å²) in [6.07, 6.45) is -2.86. The van der Waals surface area contributed by atoms with Crippen molar-refractivity contribution in [3.63, 3.8) is 0 Å². The van der Waals surface area contributed by atoms with Crippen LogP contribution in [0.15, 0.2) is 28.5 Å². The molecule has 2 fully saturated rings. The summed E-state index contributed by atoms with van der Waals surface area (Å²) in [6, 6.07) is -1.12. The number of nitrogen functional groups attached to an aromatic ring is 2. The Labute approximate surface area is 259 Å². The molecular formula is C25H36N10O9S. The Morgan fingerprint density at radius 1 is 1.09 bits per heavy atom. The first kappa shape index (κ1) is 32.9. The van der Waals surface area contributed by atoms with Gasteiger partial charge in [0.15, 0.2) is 17.7 Å². The molecule has 45 heavy (non-hydrogen) atoms. The van der Waals surface area contributed by atoms with Crippen LogP contribution in [0.2, 0.25) is 0 Å². The van der Waals surface area contributed by atoms with E-state index in [9.17, 15) is 35.1 Å². The van der Waals surface area contributed by atoms with E-state index in [1.54, 1.807) is 0 Å². The van der Waals surface area contributed by atoms with Gasteiger partial charge in [0.2, 0.25) is 0 Å². The molecule has 5 rings (SSSR count). The van der Waals surface area contributed by atoms with E-state index >= 15 is 0 Å². The average molecular weight is 653 g/mol. The van der Waals surface area contributed by atoms with E-state index in [1.165, 1.54) is 39.7 Å². The lowest BCUT2D eigenvalue weighted by Gasteiger charge is -2.27. The molecule has 20 heteroatoms. The Morgan fingerprint density at radius 3 is 2.58 bits per heavy atom. The number of thioether (sulfide) groups is 1. The highest BCUT2D eigenvalue weighted by Crippen LogP contribution is 2.33. The first-order valence-corrected chi connectivity index (χ1v) is 15.1. The number of aliphatic hydroxyl groups is 4. The maximum atomic E-state index is 12.5. The summed E-state index contributed by atoms with van der Waals surface area (Å²) in [6.45, 7) is 0.264. The molecule has 0 spiro atoms. The van der Waals surface area contributed by atoms with Gasteiger partial charge < -0.3 is 52.2 Å².